The smallest absolute Gasteiger partial charge is 0.310 e. The quantitative estimate of drug-likeness (QED) is 0.497. The first-order valence-corrected chi connectivity index (χ1v) is 8.00. The first kappa shape index (κ1) is 15.5. The molecule has 7 nitrogen and oxygen atoms in total. The Labute approximate surface area is 144 Å². The van der Waals surface area contributed by atoms with Crippen LogP contribution in [0.2, 0.25) is 0 Å². The van der Waals surface area contributed by atoms with Crippen LogP contribution in [0.5, 0.6) is 5.75 Å². The Hall–Kier alpha value is -2.98. The molecule has 2 aliphatic heterocycles. The van der Waals surface area contributed by atoms with E-state index in [-0.39, 0.29) is 18.3 Å². The summed E-state index contributed by atoms with van der Waals surface area (Å²) in [7, 11) is 1.61. The standard InChI is InChI=1S/C18H17N3O4/c1-23-12-4-2-3-10(7-12)13-8-11-5-6-14(22)24-16(11)17-15(13)21(9-19)18(20)25-17/h2-5,7,13,16,18H,6,8,20H2,1H3. The monoisotopic (exact) mass is 339 g/mol. The minimum absolute atomic E-state index is 0.127. The van der Waals surface area contributed by atoms with Crippen molar-refractivity contribution < 1.29 is 19.0 Å². The molecule has 4 rings (SSSR count). The summed E-state index contributed by atoms with van der Waals surface area (Å²) in [4.78, 5) is 13.0. The van der Waals surface area contributed by atoms with E-state index < -0.39 is 12.5 Å². The first-order chi connectivity index (χ1) is 12.1. The van der Waals surface area contributed by atoms with Gasteiger partial charge in [-0.05, 0) is 29.7 Å². The number of hydrogen-bond acceptors (Lipinski definition) is 7. The minimum atomic E-state index is -0.914. The van der Waals surface area contributed by atoms with Crippen molar-refractivity contribution in [1.82, 2.24) is 4.90 Å². The summed E-state index contributed by atoms with van der Waals surface area (Å²) in [6.07, 6.45) is 3.33. The SMILES string of the molecule is COc1cccc(C2CC3=CCC(=O)OC3C3=C2N(C#N)C(N)O3)c1. The largest absolute Gasteiger partial charge is 0.497 e. The third-order valence-electron chi connectivity index (χ3n) is 4.74. The van der Waals surface area contributed by atoms with E-state index in [4.69, 9.17) is 19.9 Å². The van der Waals surface area contributed by atoms with Crippen LogP contribution in [-0.4, -0.2) is 30.4 Å². The molecule has 0 radical (unpaired) electrons. The lowest BCUT2D eigenvalue weighted by atomic mass is 9.80. The van der Waals surface area contributed by atoms with E-state index in [1.54, 1.807) is 7.11 Å². The lowest BCUT2D eigenvalue weighted by Gasteiger charge is -2.34. The zero-order valence-corrected chi connectivity index (χ0v) is 13.6. The third-order valence-corrected chi connectivity index (χ3v) is 4.74. The predicted octanol–water partition coefficient (Wildman–Crippen LogP) is 1.69. The lowest BCUT2D eigenvalue weighted by molar-refractivity contribution is -0.148. The van der Waals surface area contributed by atoms with Crippen LogP contribution in [0.15, 0.2) is 47.4 Å². The van der Waals surface area contributed by atoms with Crippen LogP contribution in [0.3, 0.4) is 0 Å². The van der Waals surface area contributed by atoms with Crippen molar-refractivity contribution in [3.63, 3.8) is 0 Å². The van der Waals surface area contributed by atoms with Crippen molar-refractivity contribution in [3.05, 3.63) is 52.9 Å². The van der Waals surface area contributed by atoms with Crippen LogP contribution in [0.25, 0.3) is 0 Å². The Bertz CT molecular complexity index is 839. The molecular formula is C18H17N3O4. The fourth-order valence-corrected chi connectivity index (χ4v) is 3.60. The number of nitrogens with two attached hydrogens (primary N) is 1. The molecule has 0 saturated heterocycles. The number of ether oxygens (including phenoxy) is 3. The normalized spacial score (nSPS) is 27.6. The lowest BCUT2D eigenvalue weighted by Crippen LogP contribution is -2.36. The van der Waals surface area contributed by atoms with E-state index in [0.717, 1.165) is 16.9 Å². The van der Waals surface area contributed by atoms with Crippen LogP contribution in [0.1, 0.15) is 24.3 Å². The number of carbonyl (C=O) groups excluding carboxylic acids is 1. The highest BCUT2D eigenvalue weighted by Crippen LogP contribution is 2.48. The summed E-state index contributed by atoms with van der Waals surface area (Å²) < 4.78 is 16.5. The summed E-state index contributed by atoms with van der Waals surface area (Å²) in [5.74, 6) is 0.746. The van der Waals surface area contributed by atoms with Gasteiger partial charge in [0.2, 0.25) is 6.35 Å². The number of hydrogen-bond donors (Lipinski definition) is 1. The topological polar surface area (TPSA) is 97.8 Å². The second kappa shape index (κ2) is 5.83. The zero-order chi connectivity index (χ0) is 17.6. The molecule has 128 valence electrons. The molecule has 3 unspecified atom stereocenters. The van der Waals surface area contributed by atoms with E-state index in [9.17, 15) is 10.1 Å². The van der Waals surface area contributed by atoms with Gasteiger partial charge in [-0.1, -0.05) is 18.2 Å². The molecule has 0 amide bonds. The first-order valence-electron chi connectivity index (χ1n) is 8.00. The highest BCUT2D eigenvalue weighted by atomic mass is 16.6. The van der Waals surface area contributed by atoms with Gasteiger partial charge in [0.05, 0.1) is 19.2 Å². The zero-order valence-electron chi connectivity index (χ0n) is 13.6. The maximum absolute atomic E-state index is 11.7. The summed E-state index contributed by atoms with van der Waals surface area (Å²) >= 11 is 0. The molecule has 2 N–H and O–H groups in total. The number of esters is 1. The number of rotatable bonds is 2. The Balaban J connectivity index is 1.84. The van der Waals surface area contributed by atoms with Gasteiger partial charge in [-0.2, -0.15) is 5.26 Å². The number of fused-ring (bicyclic) bond motifs is 2. The van der Waals surface area contributed by atoms with E-state index in [1.807, 2.05) is 30.3 Å². The molecule has 0 aromatic heterocycles. The molecule has 0 saturated carbocycles. The number of methoxy groups -OCH3 is 1. The molecule has 3 atom stereocenters. The molecule has 0 bridgehead atoms. The van der Waals surface area contributed by atoms with Gasteiger partial charge in [0.15, 0.2) is 18.1 Å². The molecule has 1 aromatic carbocycles. The highest BCUT2D eigenvalue weighted by Gasteiger charge is 2.47. The Morgan fingerprint density at radius 1 is 1.40 bits per heavy atom. The number of carbonyl (C=O) groups is 1. The van der Waals surface area contributed by atoms with Crippen LogP contribution in [-0.2, 0) is 14.3 Å². The van der Waals surface area contributed by atoms with E-state index in [2.05, 4.69) is 6.19 Å². The third kappa shape index (κ3) is 2.42. The molecule has 1 aliphatic carbocycles. The average molecular weight is 339 g/mol. The van der Waals surface area contributed by atoms with Crippen molar-refractivity contribution in [2.24, 2.45) is 5.73 Å². The molecule has 25 heavy (non-hydrogen) atoms. The van der Waals surface area contributed by atoms with E-state index in [1.165, 1.54) is 4.90 Å². The summed E-state index contributed by atoms with van der Waals surface area (Å²) in [6.45, 7) is 0. The molecule has 7 heteroatoms. The van der Waals surface area contributed by atoms with Gasteiger partial charge >= 0.3 is 5.97 Å². The second-order valence-corrected chi connectivity index (χ2v) is 6.11. The highest BCUT2D eigenvalue weighted by molar-refractivity contribution is 5.74. The van der Waals surface area contributed by atoms with Gasteiger partial charge in [0.25, 0.3) is 0 Å². The Morgan fingerprint density at radius 3 is 3.00 bits per heavy atom. The van der Waals surface area contributed by atoms with Gasteiger partial charge in [-0.3, -0.25) is 10.5 Å². The van der Waals surface area contributed by atoms with Crippen molar-refractivity contribution in [1.29, 1.82) is 5.26 Å². The van der Waals surface area contributed by atoms with Gasteiger partial charge in [0, 0.05) is 5.92 Å². The Morgan fingerprint density at radius 2 is 2.24 bits per heavy atom. The van der Waals surface area contributed by atoms with Crippen LogP contribution in [0, 0.1) is 11.5 Å². The maximum Gasteiger partial charge on any atom is 0.310 e. The van der Waals surface area contributed by atoms with Gasteiger partial charge in [-0.25, -0.2) is 4.90 Å². The summed E-state index contributed by atoms with van der Waals surface area (Å²) in [5, 5.41) is 9.52. The number of benzene rings is 1. The summed E-state index contributed by atoms with van der Waals surface area (Å²) in [5.41, 5.74) is 8.57. The number of nitrogens with zero attached hydrogens (tertiary/aromatic N) is 2. The van der Waals surface area contributed by atoms with Gasteiger partial charge in [-0.15, -0.1) is 0 Å². The van der Waals surface area contributed by atoms with Crippen molar-refractivity contribution in [2.75, 3.05) is 7.11 Å². The summed E-state index contributed by atoms with van der Waals surface area (Å²) in [6, 6.07) is 7.69. The van der Waals surface area contributed by atoms with Gasteiger partial charge < -0.3 is 14.2 Å². The van der Waals surface area contributed by atoms with Gasteiger partial charge in [0.1, 0.15) is 5.75 Å². The number of allylic oxidation sites excluding steroid dienone is 1. The molecule has 3 aliphatic rings. The van der Waals surface area contributed by atoms with Crippen molar-refractivity contribution >= 4 is 5.97 Å². The predicted molar refractivity (Wildman–Crippen MR) is 86.5 cm³/mol. The van der Waals surface area contributed by atoms with E-state index >= 15 is 0 Å². The van der Waals surface area contributed by atoms with Crippen LogP contribution < -0.4 is 10.5 Å². The Kier molecular flexibility index (Phi) is 3.62. The van der Waals surface area contributed by atoms with Crippen LogP contribution in [0.4, 0.5) is 0 Å². The maximum atomic E-state index is 11.7. The molecule has 0 spiro atoms. The van der Waals surface area contributed by atoms with E-state index in [0.29, 0.717) is 17.9 Å². The fraction of sp³-hybridized carbons (Fsp3) is 0.333. The average Bonchev–Trinajstić information content (AvgIpc) is 2.97. The van der Waals surface area contributed by atoms with Crippen LogP contribution >= 0.6 is 0 Å². The van der Waals surface area contributed by atoms with Crippen molar-refractivity contribution in [2.45, 2.75) is 31.2 Å². The molecule has 1 aromatic rings. The fourth-order valence-electron chi connectivity index (χ4n) is 3.60. The molecule has 2 heterocycles. The minimum Gasteiger partial charge on any atom is -0.497 e. The molecular weight excluding hydrogens is 322 g/mol. The second-order valence-electron chi connectivity index (χ2n) is 6.11. The number of nitriles is 1. The van der Waals surface area contributed by atoms with Crippen molar-refractivity contribution in [3.8, 4) is 11.9 Å². The molecule has 0 fully saturated rings.